The van der Waals surface area contributed by atoms with Gasteiger partial charge in [-0.3, -0.25) is 4.79 Å². The third-order valence-electron chi connectivity index (χ3n) is 3.84. The van der Waals surface area contributed by atoms with Gasteiger partial charge in [-0.1, -0.05) is 6.07 Å². The van der Waals surface area contributed by atoms with Gasteiger partial charge in [0, 0.05) is 19.6 Å². The van der Waals surface area contributed by atoms with E-state index in [2.05, 4.69) is 15.3 Å². The van der Waals surface area contributed by atoms with E-state index < -0.39 is 0 Å². The zero-order chi connectivity index (χ0) is 18.2. The van der Waals surface area contributed by atoms with Crippen LogP contribution in [0.2, 0.25) is 0 Å². The minimum absolute atomic E-state index is 0.107. The number of hydrogen-bond acceptors (Lipinski definition) is 6. The number of rotatable bonds is 8. The highest BCUT2D eigenvalue weighted by atomic mass is 16.5. The second kappa shape index (κ2) is 8.86. The van der Waals surface area contributed by atoms with E-state index in [0.717, 1.165) is 5.56 Å². The first-order valence-electron chi connectivity index (χ1n) is 8.19. The summed E-state index contributed by atoms with van der Waals surface area (Å²) in [7, 11) is 3.21. The number of hydrogen-bond donors (Lipinski definition) is 1. The van der Waals surface area contributed by atoms with E-state index >= 15 is 0 Å². The van der Waals surface area contributed by atoms with Crippen LogP contribution in [0.4, 0.5) is 5.82 Å². The molecule has 1 aromatic heterocycles. The lowest BCUT2D eigenvalue weighted by Crippen LogP contribution is -2.31. The fourth-order valence-electron chi connectivity index (χ4n) is 2.39. The number of nitrogens with zero attached hydrogens (tertiary/aromatic N) is 3. The molecule has 0 bridgehead atoms. The molecule has 0 radical (unpaired) electrons. The van der Waals surface area contributed by atoms with Crippen molar-refractivity contribution < 1.29 is 14.3 Å². The summed E-state index contributed by atoms with van der Waals surface area (Å²) in [6.07, 6.45) is 3.06. The fourth-order valence-corrected chi connectivity index (χ4v) is 2.39. The number of nitrogens with one attached hydrogen (secondary N) is 1. The fraction of sp³-hybridized carbons (Fsp3) is 0.389. The minimum Gasteiger partial charge on any atom is -0.493 e. The van der Waals surface area contributed by atoms with Crippen LogP contribution in [0.15, 0.2) is 30.6 Å². The Balaban J connectivity index is 2.01. The van der Waals surface area contributed by atoms with E-state index in [4.69, 9.17) is 9.47 Å². The van der Waals surface area contributed by atoms with E-state index in [1.54, 1.807) is 25.3 Å². The van der Waals surface area contributed by atoms with Gasteiger partial charge >= 0.3 is 0 Å². The van der Waals surface area contributed by atoms with Crippen molar-refractivity contribution >= 4 is 11.7 Å². The maximum absolute atomic E-state index is 12.2. The number of benzene rings is 1. The van der Waals surface area contributed by atoms with Gasteiger partial charge in [-0.2, -0.15) is 0 Å². The van der Waals surface area contributed by atoms with Crippen molar-refractivity contribution in [2.45, 2.75) is 20.4 Å². The van der Waals surface area contributed by atoms with Crippen LogP contribution in [0, 0.1) is 0 Å². The van der Waals surface area contributed by atoms with Gasteiger partial charge in [0.25, 0.3) is 5.91 Å². The quantitative estimate of drug-likeness (QED) is 0.793. The van der Waals surface area contributed by atoms with E-state index in [9.17, 15) is 4.79 Å². The zero-order valence-electron chi connectivity index (χ0n) is 15.1. The highest BCUT2D eigenvalue weighted by molar-refractivity contribution is 5.92. The van der Waals surface area contributed by atoms with Gasteiger partial charge in [-0.15, -0.1) is 0 Å². The Labute approximate surface area is 148 Å². The Kier molecular flexibility index (Phi) is 6.56. The van der Waals surface area contributed by atoms with Crippen molar-refractivity contribution in [2.75, 3.05) is 32.6 Å². The average molecular weight is 344 g/mol. The van der Waals surface area contributed by atoms with Crippen molar-refractivity contribution in [3.05, 3.63) is 41.9 Å². The number of aromatic nitrogens is 2. The van der Waals surface area contributed by atoms with E-state index in [-0.39, 0.29) is 5.91 Å². The van der Waals surface area contributed by atoms with E-state index in [1.165, 1.54) is 6.20 Å². The topological polar surface area (TPSA) is 76.6 Å². The monoisotopic (exact) mass is 344 g/mol. The molecule has 1 heterocycles. The molecule has 0 aliphatic rings. The molecule has 0 fully saturated rings. The highest BCUT2D eigenvalue weighted by Gasteiger charge is 2.14. The molecule has 0 saturated heterocycles. The van der Waals surface area contributed by atoms with Crippen molar-refractivity contribution in [3.63, 3.8) is 0 Å². The maximum Gasteiger partial charge on any atom is 0.274 e. The van der Waals surface area contributed by atoms with Crippen molar-refractivity contribution in [1.82, 2.24) is 14.9 Å². The summed E-state index contributed by atoms with van der Waals surface area (Å²) >= 11 is 0. The SMILES string of the molecule is CCN(CC)C(=O)c1cnc(NCc2ccc(OC)c(OC)c2)cn1. The number of carbonyl (C=O) groups is 1. The summed E-state index contributed by atoms with van der Waals surface area (Å²) in [5, 5.41) is 3.18. The van der Waals surface area contributed by atoms with Gasteiger partial charge in [-0.25, -0.2) is 9.97 Å². The summed E-state index contributed by atoms with van der Waals surface area (Å²) in [5.74, 6) is 1.85. The average Bonchev–Trinajstić information content (AvgIpc) is 2.67. The van der Waals surface area contributed by atoms with Crippen molar-refractivity contribution in [2.24, 2.45) is 0 Å². The molecule has 0 unspecified atom stereocenters. The molecule has 0 aliphatic heterocycles. The van der Waals surface area contributed by atoms with Crippen molar-refractivity contribution in [3.8, 4) is 11.5 Å². The van der Waals surface area contributed by atoms with Gasteiger partial charge in [0.05, 0.1) is 26.6 Å². The Hall–Kier alpha value is -2.83. The predicted molar refractivity (Wildman–Crippen MR) is 96.2 cm³/mol. The summed E-state index contributed by atoms with van der Waals surface area (Å²) in [6.45, 7) is 5.73. The van der Waals surface area contributed by atoms with Gasteiger partial charge in [-0.05, 0) is 31.5 Å². The molecule has 1 amide bonds. The molecule has 7 nitrogen and oxygen atoms in total. The molecule has 7 heteroatoms. The number of ether oxygens (including phenoxy) is 2. The van der Waals surface area contributed by atoms with Crippen LogP contribution in [0.3, 0.4) is 0 Å². The zero-order valence-corrected chi connectivity index (χ0v) is 15.1. The molecular weight excluding hydrogens is 320 g/mol. The minimum atomic E-state index is -0.107. The molecule has 1 N–H and O–H groups in total. The largest absolute Gasteiger partial charge is 0.493 e. The summed E-state index contributed by atoms with van der Waals surface area (Å²) < 4.78 is 10.5. The second-order valence-electron chi connectivity index (χ2n) is 5.31. The van der Waals surface area contributed by atoms with Gasteiger partial charge in [0.2, 0.25) is 0 Å². The molecule has 0 atom stereocenters. The Morgan fingerprint density at radius 3 is 2.36 bits per heavy atom. The molecule has 25 heavy (non-hydrogen) atoms. The first-order valence-corrected chi connectivity index (χ1v) is 8.19. The Morgan fingerprint density at radius 2 is 1.80 bits per heavy atom. The maximum atomic E-state index is 12.2. The third-order valence-corrected chi connectivity index (χ3v) is 3.84. The lowest BCUT2D eigenvalue weighted by molar-refractivity contribution is 0.0766. The summed E-state index contributed by atoms with van der Waals surface area (Å²) in [5.41, 5.74) is 1.36. The summed E-state index contributed by atoms with van der Waals surface area (Å²) in [6, 6.07) is 5.70. The number of carbonyl (C=O) groups excluding carboxylic acids is 1. The Morgan fingerprint density at radius 1 is 1.08 bits per heavy atom. The lowest BCUT2D eigenvalue weighted by Gasteiger charge is -2.17. The van der Waals surface area contributed by atoms with Crippen LogP contribution in [-0.2, 0) is 6.54 Å². The molecule has 0 aliphatic carbocycles. The molecule has 2 rings (SSSR count). The van der Waals surface area contributed by atoms with Gasteiger partial charge in [0.15, 0.2) is 11.5 Å². The van der Waals surface area contributed by atoms with E-state index in [1.807, 2.05) is 32.0 Å². The van der Waals surface area contributed by atoms with Crippen molar-refractivity contribution in [1.29, 1.82) is 0 Å². The first-order chi connectivity index (χ1) is 12.1. The predicted octanol–water partition coefficient (Wildman–Crippen LogP) is 2.59. The molecule has 0 saturated carbocycles. The number of methoxy groups -OCH3 is 2. The van der Waals surface area contributed by atoms with Crippen LogP contribution in [0.1, 0.15) is 29.9 Å². The van der Waals surface area contributed by atoms with Crippen LogP contribution < -0.4 is 14.8 Å². The summed E-state index contributed by atoms with van der Waals surface area (Å²) in [4.78, 5) is 22.4. The molecule has 2 aromatic rings. The molecule has 0 spiro atoms. The van der Waals surface area contributed by atoms with Gasteiger partial charge < -0.3 is 19.7 Å². The molecule has 1 aromatic carbocycles. The highest BCUT2D eigenvalue weighted by Crippen LogP contribution is 2.27. The molecular formula is C18H24N4O3. The van der Waals surface area contributed by atoms with Crippen LogP contribution in [0.5, 0.6) is 11.5 Å². The number of amides is 1. The van der Waals surface area contributed by atoms with Crippen LogP contribution in [-0.4, -0.2) is 48.1 Å². The normalized spacial score (nSPS) is 10.2. The van der Waals surface area contributed by atoms with Gasteiger partial charge in [0.1, 0.15) is 11.5 Å². The third kappa shape index (κ3) is 4.59. The second-order valence-corrected chi connectivity index (χ2v) is 5.31. The molecule has 134 valence electrons. The van der Waals surface area contributed by atoms with E-state index in [0.29, 0.717) is 42.6 Å². The number of anilines is 1. The Bertz CT molecular complexity index is 700. The van der Waals surface area contributed by atoms with Crippen LogP contribution in [0.25, 0.3) is 0 Å². The van der Waals surface area contributed by atoms with Crippen LogP contribution >= 0.6 is 0 Å². The standard InChI is InChI=1S/C18H24N4O3/c1-5-22(6-2)18(23)14-11-21-17(12-19-14)20-10-13-7-8-15(24-3)16(9-13)25-4/h7-9,11-12H,5-6,10H2,1-4H3,(H,20,21). The smallest absolute Gasteiger partial charge is 0.274 e. The lowest BCUT2D eigenvalue weighted by atomic mass is 10.2. The first kappa shape index (κ1) is 18.5.